The lowest BCUT2D eigenvalue weighted by atomic mass is 10.1. The number of hydrazone groups is 1. The highest BCUT2D eigenvalue weighted by atomic mass is 35.5. The van der Waals surface area contributed by atoms with Crippen LogP contribution in [0.15, 0.2) is 47.6 Å². The van der Waals surface area contributed by atoms with E-state index in [1.54, 1.807) is 24.3 Å². The summed E-state index contributed by atoms with van der Waals surface area (Å²) in [5.74, 6) is -0.407. The number of carbonyl (C=O) groups is 2. The number of hydrogen-bond donors (Lipinski definition) is 2. The lowest BCUT2D eigenvalue weighted by molar-refractivity contribution is -0.121. The maximum absolute atomic E-state index is 12.3. The molecule has 0 unspecified atom stereocenters. The first-order valence-corrected chi connectivity index (χ1v) is 9.86. The first-order chi connectivity index (χ1) is 13.4. The highest BCUT2D eigenvalue weighted by molar-refractivity contribution is 6.37. The molecule has 2 N–H and O–H groups in total. The van der Waals surface area contributed by atoms with Crippen LogP contribution in [0, 0.1) is 0 Å². The standard InChI is InChI=1S/C21H23Cl2N3O2/c1-3-4-5-6-20(27)26-25-14(2)15-7-10-17(11-8-15)24-21(28)18-12-9-16(22)13-19(18)23/h7-13H,3-6H2,1-2H3,(H,24,28)(H,26,27)/b25-14+. The van der Waals surface area contributed by atoms with Crippen molar-refractivity contribution in [3.05, 3.63) is 63.6 Å². The van der Waals surface area contributed by atoms with Gasteiger partial charge in [0, 0.05) is 17.1 Å². The molecule has 0 saturated heterocycles. The van der Waals surface area contributed by atoms with Crippen LogP contribution in [0.4, 0.5) is 5.69 Å². The first-order valence-electron chi connectivity index (χ1n) is 9.10. The van der Waals surface area contributed by atoms with Crippen LogP contribution in [0.5, 0.6) is 0 Å². The van der Waals surface area contributed by atoms with Crippen molar-refractivity contribution in [2.75, 3.05) is 5.32 Å². The number of benzene rings is 2. The van der Waals surface area contributed by atoms with Gasteiger partial charge in [0.1, 0.15) is 0 Å². The van der Waals surface area contributed by atoms with E-state index in [0.29, 0.717) is 33.4 Å². The number of carbonyl (C=O) groups excluding carboxylic acids is 2. The maximum atomic E-state index is 12.3. The van der Waals surface area contributed by atoms with Gasteiger partial charge in [0.05, 0.1) is 16.3 Å². The molecule has 0 aliphatic rings. The zero-order valence-electron chi connectivity index (χ0n) is 15.9. The predicted molar refractivity (Wildman–Crippen MR) is 115 cm³/mol. The Morgan fingerprint density at radius 1 is 1.04 bits per heavy atom. The molecule has 0 aromatic heterocycles. The summed E-state index contributed by atoms with van der Waals surface area (Å²) in [5, 5.41) is 7.68. The Bertz CT molecular complexity index is 864. The summed E-state index contributed by atoms with van der Waals surface area (Å²) in [6.45, 7) is 3.91. The first kappa shape index (κ1) is 21.9. The van der Waals surface area contributed by atoms with E-state index in [1.165, 1.54) is 6.07 Å². The minimum Gasteiger partial charge on any atom is -0.322 e. The van der Waals surface area contributed by atoms with Gasteiger partial charge in [0.15, 0.2) is 0 Å². The molecule has 0 aliphatic heterocycles. The number of amides is 2. The van der Waals surface area contributed by atoms with Gasteiger partial charge in [0.2, 0.25) is 5.91 Å². The van der Waals surface area contributed by atoms with E-state index in [9.17, 15) is 9.59 Å². The van der Waals surface area contributed by atoms with Crippen molar-refractivity contribution in [1.82, 2.24) is 5.43 Å². The zero-order valence-corrected chi connectivity index (χ0v) is 17.4. The van der Waals surface area contributed by atoms with Gasteiger partial charge in [0.25, 0.3) is 5.91 Å². The van der Waals surface area contributed by atoms with Crippen LogP contribution in [0.1, 0.15) is 55.5 Å². The van der Waals surface area contributed by atoms with Crippen LogP contribution >= 0.6 is 23.2 Å². The molecule has 2 rings (SSSR count). The molecule has 0 atom stereocenters. The quantitative estimate of drug-likeness (QED) is 0.328. The van der Waals surface area contributed by atoms with Gasteiger partial charge >= 0.3 is 0 Å². The third-order valence-electron chi connectivity index (χ3n) is 4.09. The van der Waals surface area contributed by atoms with Crippen LogP contribution < -0.4 is 10.7 Å². The normalized spacial score (nSPS) is 11.2. The molecule has 0 saturated carbocycles. The van der Waals surface area contributed by atoms with E-state index >= 15 is 0 Å². The van der Waals surface area contributed by atoms with E-state index in [0.717, 1.165) is 24.8 Å². The summed E-state index contributed by atoms with van der Waals surface area (Å²) in [6, 6.07) is 11.9. The molecule has 0 aliphatic carbocycles. The molecule has 28 heavy (non-hydrogen) atoms. The molecule has 2 amide bonds. The molecule has 5 nitrogen and oxygen atoms in total. The summed E-state index contributed by atoms with van der Waals surface area (Å²) >= 11 is 11.9. The molecule has 0 spiro atoms. The Hall–Kier alpha value is -2.37. The van der Waals surface area contributed by atoms with Crippen LogP contribution in [0.3, 0.4) is 0 Å². The average Bonchev–Trinajstić information content (AvgIpc) is 2.66. The molecule has 0 radical (unpaired) electrons. The molecule has 0 heterocycles. The van der Waals surface area contributed by atoms with E-state index in [-0.39, 0.29) is 11.8 Å². The molecule has 2 aromatic rings. The molecule has 2 aromatic carbocycles. The largest absolute Gasteiger partial charge is 0.322 e. The second-order valence-corrected chi connectivity index (χ2v) is 7.19. The number of hydrogen-bond acceptors (Lipinski definition) is 3. The fraction of sp³-hybridized carbons (Fsp3) is 0.286. The lowest BCUT2D eigenvalue weighted by Crippen LogP contribution is -2.18. The number of nitrogens with one attached hydrogen (secondary N) is 2. The fourth-order valence-electron chi connectivity index (χ4n) is 2.47. The number of rotatable bonds is 8. The minimum atomic E-state index is -0.320. The number of unbranched alkanes of at least 4 members (excludes halogenated alkanes) is 2. The summed E-state index contributed by atoms with van der Waals surface area (Å²) in [5.41, 5.74) is 5.07. The summed E-state index contributed by atoms with van der Waals surface area (Å²) in [6.07, 6.45) is 3.44. The van der Waals surface area contributed by atoms with Crippen molar-refractivity contribution in [2.45, 2.75) is 39.5 Å². The second-order valence-electron chi connectivity index (χ2n) is 6.34. The Balaban J connectivity index is 1.95. The second kappa shape index (κ2) is 10.8. The average molecular weight is 420 g/mol. The third kappa shape index (κ3) is 6.66. The van der Waals surface area contributed by atoms with Crippen LogP contribution in [-0.4, -0.2) is 17.5 Å². The van der Waals surface area contributed by atoms with Crippen molar-refractivity contribution >= 4 is 46.4 Å². The number of halogens is 2. The van der Waals surface area contributed by atoms with E-state index in [1.807, 2.05) is 19.1 Å². The van der Waals surface area contributed by atoms with E-state index in [4.69, 9.17) is 23.2 Å². The smallest absolute Gasteiger partial charge is 0.257 e. The van der Waals surface area contributed by atoms with Gasteiger partial charge < -0.3 is 5.32 Å². The molecular weight excluding hydrogens is 397 g/mol. The molecular formula is C21H23Cl2N3O2. The maximum Gasteiger partial charge on any atom is 0.257 e. The molecule has 148 valence electrons. The monoisotopic (exact) mass is 419 g/mol. The zero-order chi connectivity index (χ0) is 20.5. The predicted octanol–water partition coefficient (Wildman–Crippen LogP) is 5.67. The summed E-state index contributed by atoms with van der Waals surface area (Å²) in [4.78, 5) is 24.1. The van der Waals surface area contributed by atoms with E-state index < -0.39 is 0 Å². The van der Waals surface area contributed by atoms with Gasteiger partial charge in [-0.25, -0.2) is 5.43 Å². The summed E-state index contributed by atoms with van der Waals surface area (Å²) in [7, 11) is 0. The van der Waals surface area contributed by atoms with Crippen molar-refractivity contribution in [2.24, 2.45) is 5.10 Å². The summed E-state index contributed by atoms with van der Waals surface area (Å²) < 4.78 is 0. The highest BCUT2D eigenvalue weighted by Gasteiger charge is 2.11. The Morgan fingerprint density at radius 3 is 2.39 bits per heavy atom. The van der Waals surface area contributed by atoms with Gasteiger partial charge in [-0.2, -0.15) is 5.10 Å². The van der Waals surface area contributed by atoms with Gasteiger partial charge in [-0.1, -0.05) is 55.1 Å². The topological polar surface area (TPSA) is 70.6 Å². The van der Waals surface area contributed by atoms with Gasteiger partial charge in [-0.05, 0) is 49.2 Å². The van der Waals surface area contributed by atoms with Crippen molar-refractivity contribution in [1.29, 1.82) is 0 Å². The number of anilines is 1. The van der Waals surface area contributed by atoms with Crippen LogP contribution in [0.25, 0.3) is 0 Å². The van der Waals surface area contributed by atoms with Crippen molar-refractivity contribution in [3.63, 3.8) is 0 Å². The SMILES string of the molecule is CCCCCC(=O)N/N=C(\C)c1ccc(NC(=O)c2ccc(Cl)cc2Cl)cc1. The lowest BCUT2D eigenvalue weighted by Gasteiger charge is -2.08. The molecule has 7 heteroatoms. The van der Waals surface area contributed by atoms with Gasteiger partial charge in [-0.3, -0.25) is 9.59 Å². The van der Waals surface area contributed by atoms with Crippen LogP contribution in [-0.2, 0) is 4.79 Å². The Kier molecular flexibility index (Phi) is 8.48. The highest BCUT2D eigenvalue weighted by Crippen LogP contribution is 2.22. The molecule has 0 fully saturated rings. The van der Waals surface area contributed by atoms with Crippen molar-refractivity contribution in [3.8, 4) is 0 Å². The van der Waals surface area contributed by atoms with Crippen molar-refractivity contribution < 1.29 is 9.59 Å². The van der Waals surface area contributed by atoms with Gasteiger partial charge in [-0.15, -0.1) is 0 Å². The Labute approximate surface area is 175 Å². The Morgan fingerprint density at radius 2 is 1.75 bits per heavy atom. The molecule has 0 bridgehead atoms. The van der Waals surface area contributed by atoms with E-state index in [2.05, 4.69) is 22.8 Å². The fourth-order valence-corrected chi connectivity index (χ4v) is 2.96. The van der Waals surface area contributed by atoms with Crippen LogP contribution in [0.2, 0.25) is 10.0 Å². The third-order valence-corrected chi connectivity index (χ3v) is 4.64. The minimum absolute atomic E-state index is 0.0865. The number of nitrogens with zero attached hydrogens (tertiary/aromatic N) is 1.